The summed E-state index contributed by atoms with van der Waals surface area (Å²) in [5, 5.41) is 2.88. The molecule has 0 aliphatic heterocycles. The van der Waals surface area contributed by atoms with Crippen molar-refractivity contribution in [2.75, 3.05) is 19.5 Å². The lowest BCUT2D eigenvalue weighted by atomic mass is 10.1. The Balaban J connectivity index is 1.94. The van der Waals surface area contributed by atoms with Crippen LogP contribution in [-0.4, -0.2) is 30.5 Å². The minimum absolute atomic E-state index is 0.0340. The number of nitrogens with zero attached hydrogens (tertiary/aromatic N) is 1. The van der Waals surface area contributed by atoms with Crippen molar-refractivity contribution in [3.8, 4) is 22.8 Å². The molecule has 1 aromatic heterocycles. The zero-order chi connectivity index (χ0) is 21.0. The first kappa shape index (κ1) is 20.2. The van der Waals surface area contributed by atoms with Crippen LogP contribution in [0.15, 0.2) is 54.6 Å². The van der Waals surface area contributed by atoms with Crippen molar-refractivity contribution in [1.82, 2.24) is 4.57 Å². The predicted molar refractivity (Wildman–Crippen MR) is 113 cm³/mol. The van der Waals surface area contributed by atoms with Crippen LogP contribution >= 0.6 is 0 Å². The van der Waals surface area contributed by atoms with Crippen LogP contribution in [0.2, 0.25) is 0 Å². The second-order valence-electron chi connectivity index (χ2n) is 6.65. The quantitative estimate of drug-likeness (QED) is 0.608. The SMILES string of the molecule is COc1ccc(OC)c(NC(=O)Cn2c(-c3ccccc3)cc(C(C)=O)c2C)c1. The van der Waals surface area contributed by atoms with Gasteiger partial charge in [-0.05, 0) is 37.6 Å². The molecule has 0 fully saturated rings. The fourth-order valence-electron chi connectivity index (χ4n) is 3.30. The molecule has 0 unspecified atom stereocenters. The molecule has 0 spiro atoms. The lowest BCUT2D eigenvalue weighted by Crippen LogP contribution is -2.20. The van der Waals surface area contributed by atoms with E-state index in [-0.39, 0.29) is 18.2 Å². The normalized spacial score (nSPS) is 10.5. The number of carbonyl (C=O) groups is 2. The van der Waals surface area contributed by atoms with Crippen molar-refractivity contribution in [3.63, 3.8) is 0 Å². The molecule has 0 aliphatic carbocycles. The summed E-state index contributed by atoms with van der Waals surface area (Å²) in [6, 6.07) is 16.7. The number of carbonyl (C=O) groups excluding carboxylic acids is 2. The molecule has 6 nitrogen and oxygen atoms in total. The van der Waals surface area contributed by atoms with Gasteiger partial charge in [0.05, 0.1) is 19.9 Å². The van der Waals surface area contributed by atoms with Crippen molar-refractivity contribution in [2.45, 2.75) is 20.4 Å². The molecule has 0 saturated carbocycles. The second kappa shape index (κ2) is 8.65. The van der Waals surface area contributed by atoms with Crippen molar-refractivity contribution in [2.24, 2.45) is 0 Å². The first-order valence-electron chi connectivity index (χ1n) is 9.23. The fraction of sp³-hybridized carbons (Fsp3) is 0.217. The molecule has 0 saturated heterocycles. The molecule has 3 aromatic rings. The van der Waals surface area contributed by atoms with Gasteiger partial charge < -0.3 is 19.4 Å². The lowest BCUT2D eigenvalue weighted by Gasteiger charge is -2.15. The third kappa shape index (κ3) is 4.32. The number of anilines is 1. The van der Waals surface area contributed by atoms with Crippen molar-refractivity contribution < 1.29 is 19.1 Å². The Labute approximate surface area is 170 Å². The van der Waals surface area contributed by atoms with E-state index in [1.165, 1.54) is 6.92 Å². The van der Waals surface area contributed by atoms with E-state index in [0.29, 0.717) is 22.7 Å². The molecule has 0 aliphatic rings. The number of rotatable bonds is 7. The number of benzene rings is 2. The molecule has 0 bridgehead atoms. The first-order chi connectivity index (χ1) is 13.9. The van der Waals surface area contributed by atoms with Gasteiger partial charge in [0.15, 0.2) is 5.78 Å². The Hall–Kier alpha value is -3.54. The molecule has 3 rings (SSSR count). The number of amides is 1. The molecule has 6 heteroatoms. The number of Topliss-reactive ketones (excluding diaryl/α,β-unsaturated/α-hetero) is 1. The summed E-state index contributed by atoms with van der Waals surface area (Å²) < 4.78 is 12.4. The van der Waals surface area contributed by atoms with Crippen LogP contribution in [0.3, 0.4) is 0 Å². The molecule has 2 aromatic carbocycles. The highest BCUT2D eigenvalue weighted by atomic mass is 16.5. The highest BCUT2D eigenvalue weighted by Crippen LogP contribution is 2.30. The third-order valence-corrected chi connectivity index (χ3v) is 4.80. The molecule has 150 valence electrons. The number of hydrogen-bond acceptors (Lipinski definition) is 4. The van der Waals surface area contributed by atoms with Crippen molar-refractivity contribution in [1.29, 1.82) is 0 Å². The maximum atomic E-state index is 12.9. The summed E-state index contributed by atoms with van der Waals surface area (Å²) >= 11 is 0. The van der Waals surface area contributed by atoms with E-state index in [0.717, 1.165) is 17.0 Å². The highest BCUT2D eigenvalue weighted by Gasteiger charge is 2.19. The van der Waals surface area contributed by atoms with E-state index in [2.05, 4.69) is 5.32 Å². The molecule has 1 amide bonds. The van der Waals surface area contributed by atoms with Gasteiger partial charge in [-0.1, -0.05) is 30.3 Å². The van der Waals surface area contributed by atoms with Crippen molar-refractivity contribution in [3.05, 3.63) is 65.9 Å². The summed E-state index contributed by atoms with van der Waals surface area (Å²) in [4.78, 5) is 24.9. The van der Waals surface area contributed by atoms with E-state index in [4.69, 9.17) is 9.47 Å². The van der Waals surface area contributed by atoms with Gasteiger partial charge in [0.1, 0.15) is 18.0 Å². The summed E-state index contributed by atoms with van der Waals surface area (Å²) in [6.07, 6.45) is 0. The number of nitrogens with one attached hydrogen (secondary N) is 1. The largest absolute Gasteiger partial charge is 0.497 e. The van der Waals surface area contributed by atoms with Gasteiger partial charge in [-0.25, -0.2) is 0 Å². The summed E-state index contributed by atoms with van der Waals surface area (Å²) in [5.41, 5.74) is 3.64. The van der Waals surface area contributed by atoms with Crippen LogP contribution in [0.5, 0.6) is 11.5 Å². The summed E-state index contributed by atoms with van der Waals surface area (Å²) in [6.45, 7) is 3.44. The Bertz CT molecular complexity index is 1040. The first-order valence-corrected chi connectivity index (χ1v) is 9.23. The number of hydrogen-bond donors (Lipinski definition) is 1. The standard InChI is InChI=1S/C23H24N2O4/c1-15-19(16(2)26)13-21(17-8-6-5-7-9-17)25(15)14-23(27)24-20-12-18(28-3)10-11-22(20)29-4/h5-13H,14H2,1-4H3,(H,24,27). The summed E-state index contributed by atoms with van der Waals surface area (Å²) in [5.74, 6) is 0.883. The smallest absolute Gasteiger partial charge is 0.244 e. The molecule has 0 atom stereocenters. The van der Waals surface area contributed by atoms with E-state index < -0.39 is 0 Å². The number of ketones is 1. The third-order valence-electron chi connectivity index (χ3n) is 4.80. The number of methoxy groups -OCH3 is 2. The molecule has 0 radical (unpaired) electrons. The van der Waals surface area contributed by atoms with Crippen LogP contribution in [0.1, 0.15) is 23.0 Å². The van der Waals surface area contributed by atoms with Crippen molar-refractivity contribution >= 4 is 17.4 Å². The maximum Gasteiger partial charge on any atom is 0.244 e. The van der Waals surface area contributed by atoms with Crippen LogP contribution in [0.4, 0.5) is 5.69 Å². The van der Waals surface area contributed by atoms with Gasteiger partial charge in [-0.15, -0.1) is 0 Å². The Morgan fingerprint density at radius 3 is 2.34 bits per heavy atom. The minimum Gasteiger partial charge on any atom is -0.497 e. The van der Waals surface area contributed by atoms with Crippen LogP contribution in [0, 0.1) is 6.92 Å². The predicted octanol–water partition coefficient (Wildman–Crippen LogP) is 4.32. The molecular weight excluding hydrogens is 368 g/mol. The van der Waals surface area contributed by atoms with Gasteiger partial charge in [-0.3, -0.25) is 9.59 Å². The van der Waals surface area contributed by atoms with Gasteiger partial charge in [0.2, 0.25) is 5.91 Å². The van der Waals surface area contributed by atoms with Gasteiger partial charge in [-0.2, -0.15) is 0 Å². The van der Waals surface area contributed by atoms with E-state index in [1.807, 2.05) is 47.9 Å². The van der Waals surface area contributed by atoms with Gasteiger partial charge in [0.25, 0.3) is 0 Å². The van der Waals surface area contributed by atoms with Gasteiger partial charge >= 0.3 is 0 Å². The Morgan fingerprint density at radius 1 is 1.00 bits per heavy atom. The minimum atomic E-state index is -0.234. The zero-order valence-corrected chi connectivity index (χ0v) is 17.0. The molecule has 1 heterocycles. The van der Waals surface area contributed by atoms with Crippen LogP contribution in [-0.2, 0) is 11.3 Å². The Morgan fingerprint density at radius 2 is 1.72 bits per heavy atom. The molecule has 1 N–H and O–H groups in total. The Kier molecular flexibility index (Phi) is 6.02. The van der Waals surface area contributed by atoms with E-state index in [9.17, 15) is 9.59 Å². The monoisotopic (exact) mass is 392 g/mol. The molecule has 29 heavy (non-hydrogen) atoms. The van der Waals surface area contributed by atoms with Gasteiger partial charge in [0, 0.05) is 23.0 Å². The maximum absolute atomic E-state index is 12.9. The second-order valence-corrected chi connectivity index (χ2v) is 6.65. The number of aromatic nitrogens is 1. The van der Waals surface area contributed by atoms with E-state index >= 15 is 0 Å². The van der Waals surface area contributed by atoms with Crippen LogP contribution < -0.4 is 14.8 Å². The average Bonchev–Trinajstić information content (AvgIpc) is 3.05. The summed E-state index contributed by atoms with van der Waals surface area (Å²) in [7, 11) is 3.10. The lowest BCUT2D eigenvalue weighted by molar-refractivity contribution is -0.116. The highest BCUT2D eigenvalue weighted by molar-refractivity contribution is 5.98. The average molecular weight is 392 g/mol. The van der Waals surface area contributed by atoms with Crippen LogP contribution in [0.25, 0.3) is 11.3 Å². The fourth-order valence-corrected chi connectivity index (χ4v) is 3.30. The topological polar surface area (TPSA) is 69.6 Å². The molecular formula is C23H24N2O4. The zero-order valence-electron chi connectivity index (χ0n) is 17.0. The number of ether oxygens (including phenoxy) is 2. The van der Waals surface area contributed by atoms with E-state index in [1.54, 1.807) is 32.4 Å².